The summed E-state index contributed by atoms with van der Waals surface area (Å²) >= 11 is 0. The molecule has 0 saturated carbocycles. The molecule has 1 aromatic heterocycles. The summed E-state index contributed by atoms with van der Waals surface area (Å²) in [5.41, 5.74) is 5.51. The Kier molecular flexibility index (Phi) is 4.72. The number of hydrogen-bond donors (Lipinski definition) is 3. The monoisotopic (exact) mass is 223 g/mol. The van der Waals surface area contributed by atoms with Crippen LogP contribution >= 0.6 is 0 Å². The van der Waals surface area contributed by atoms with Gasteiger partial charge in [-0.25, -0.2) is 0 Å². The molecule has 1 aromatic rings. The van der Waals surface area contributed by atoms with Crippen LogP contribution in [-0.2, 0) is 0 Å². The van der Waals surface area contributed by atoms with Crippen molar-refractivity contribution in [2.75, 3.05) is 13.1 Å². The maximum Gasteiger partial charge on any atom is 0.251 e. The Balaban J connectivity index is 2.50. The van der Waals surface area contributed by atoms with Gasteiger partial charge in [0.05, 0.1) is 0 Å². The first-order chi connectivity index (χ1) is 7.63. The van der Waals surface area contributed by atoms with Crippen molar-refractivity contribution in [1.82, 2.24) is 10.3 Å². The lowest BCUT2D eigenvalue weighted by molar-refractivity contribution is 0.0947. The molecule has 0 aliphatic rings. The fraction of sp³-hybridized carbons (Fsp3) is 0.455. The van der Waals surface area contributed by atoms with E-state index in [1.807, 2.05) is 6.92 Å². The molecule has 0 saturated heterocycles. The summed E-state index contributed by atoms with van der Waals surface area (Å²) in [5, 5.41) is 2.76. The van der Waals surface area contributed by atoms with Crippen LogP contribution in [0.1, 0.15) is 23.7 Å². The number of aromatic amines is 1. The third-order valence-corrected chi connectivity index (χ3v) is 2.31. The van der Waals surface area contributed by atoms with Gasteiger partial charge in [-0.05, 0) is 24.9 Å². The number of rotatable bonds is 5. The second kappa shape index (κ2) is 6.07. The van der Waals surface area contributed by atoms with Crippen molar-refractivity contribution in [2.45, 2.75) is 13.3 Å². The standard InChI is InChI=1S/C11H17N3O2/c1-8(2-4-12)7-14-11(16)9-3-5-13-10(15)6-9/h3,5-6,8H,2,4,7,12H2,1H3,(H,13,15)(H,14,16). The first kappa shape index (κ1) is 12.4. The SMILES string of the molecule is CC(CCN)CNC(=O)c1cc[nH]c(=O)c1. The minimum absolute atomic E-state index is 0.227. The van der Waals surface area contributed by atoms with Crippen molar-refractivity contribution < 1.29 is 4.79 Å². The number of nitrogens with two attached hydrogens (primary N) is 1. The van der Waals surface area contributed by atoms with E-state index in [9.17, 15) is 9.59 Å². The highest BCUT2D eigenvalue weighted by molar-refractivity contribution is 5.93. The number of hydrogen-bond acceptors (Lipinski definition) is 3. The normalized spacial score (nSPS) is 12.1. The van der Waals surface area contributed by atoms with E-state index in [0.717, 1.165) is 6.42 Å². The van der Waals surface area contributed by atoms with Gasteiger partial charge < -0.3 is 16.0 Å². The van der Waals surface area contributed by atoms with Crippen LogP contribution in [0.3, 0.4) is 0 Å². The number of carbonyl (C=O) groups excluding carboxylic acids is 1. The molecule has 0 aromatic carbocycles. The van der Waals surface area contributed by atoms with E-state index in [2.05, 4.69) is 10.3 Å². The molecule has 0 radical (unpaired) electrons. The van der Waals surface area contributed by atoms with E-state index >= 15 is 0 Å². The summed E-state index contributed by atoms with van der Waals surface area (Å²) in [6.07, 6.45) is 2.33. The summed E-state index contributed by atoms with van der Waals surface area (Å²) in [4.78, 5) is 25.1. The largest absolute Gasteiger partial charge is 0.352 e. The van der Waals surface area contributed by atoms with Gasteiger partial charge >= 0.3 is 0 Å². The summed E-state index contributed by atoms with van der Waals surface area (Å²) in [7, 11) is 0. The highest BCUT2D eigenvalue weighted by Crippen LogP contribution is 1.99. The molecule has 4 N–H and O–H groups in total. The number of amides is 1. The van der Waals surface area contributed by atoms with Crippen LogP contribution in [0.5, 0.6) is 0 Å². The molecule has 1 unspecified atom stereocenters. The summed E-state index contributed by atoms with van der Waals surface area (Å²) in [6.45, 7) is 3.20. The Morgan fingerprint density at radius 2 is 2.38 bits per heavy atom. The minimum atomic E-state index is -0.275. The number of nitrogens with one attached hydrogen (secondary N) is 2. The van der Waals surface area contributed by atoms with Crippen molar-refractivity contribution in [3.8, 4) is 0 Å². The van der Waals surface area contributed by atoms with Gasteiger partial charge in [0.25, 0.3) is 5.91 Å². The Morgan fingerprint density at radius 1 is 1.62 bits per heavy atom. The number of aromatic nitrogens is 1. The molecule has 0 aliphatic carbocycles. The fourth-order valence-electron chi connectivity index (χ4n) is 1.34. The predicted octanol–water partition coefficient (Wildman–Crippen LogP) is 0.0896. The average molecular weight is 223 g/mol. The smallest absolute Gasteiger partial charge is 0.251 e. The van der Waals surface area contributed by atoms with Crippen molar-refractivity contribution >= 4 is 5.91 Å². The predicted molar refractivity (Wildman–Crippen MR) is 62.2 cm³/mol. The lowest BCUT2D eigenvalue weighted by atomic mass is 10.1. The Morgan fingerprint density at radius 3 is 3.00 bits per heavy atom. The van der Waals surface area contributed by atoms with Crippen molar-refractivity contribution in [3.05, 3.63) is 34.2 Å². The third kappa shape index (κ3) is 3.86. The lowest BCUT2D eigenvalue weighted by Gasteiger charge is -2.11. The molecule has 0 bridgehead atoms. The summed E-state index contributed by atoms with van der Waals surface area (Å²) in [5.74, 6) is 0.117. The van der Waals surface area contributed by atoms with Crippen LogP contribution in [0.4, 0.5) is 0 Å². The third-order valence-electron chi connectivity index (χ3n) is 2.31. The Labute approximate surface area is 94.1 Å². The van der Waals surface area contributed by atoms with E-state index in [0.29, 0.717) is 24.6 Å². The first-order valence-corrected chi connectivity index (χ1v) is 5.30. The maximum atomic E-state index is 11.6. The fourth-order valence-corrected chi connectivity index (χ4v) is 1.34. The average Bonchev–Trinajstić information content (AvgIpc) is 2.26. The van der Waals surface area contributed by atoms with Gasteiger partial charge in [-0.2, -0.15) is 0 Å². The van der Waals surface area contributed by atoms with Crippen LogP contribution in [0.25, 0.3) is 0 Å². The molecular weight excluding hydrogens is 206 g/mol. The molecule has 16 heavy (non-hydrogen) atoms. The van der Waals surface area contributed by atoms with Gasteiger partial charge in [-0.1, -0.05) is 6.92 Å². The van der Waals surface area contributed by atoms with E-state index < -0.39 is 0 Å². The molecule has 1 heterocycles. The van der Waals surface area contributed by atoms with Crippen LogP contribution in [-0.4, -0.2) is 24.0 Å². The van der Waals surface area contributed by atoms with Crippen molar-refractivity contribution in [2.24, 2.45) is 11.7 Å². The van der Waals surface area contributed by atoms with E-state index in [4.69, 9.17) is 5.73 Å². The van der Waals surface area contributed by atoms with Gasteiger partial charge in [-0.3, -0.25) is 9.59 Å². The van der Waals surface area contributed by atoms with Gasteiger partial charge in [0.15, 0.2) is 0 Å². The van der Waals surface area contributed by atoms with Gasteiger partial charge in [0.2, 0.25) is 5.56 Å². The van der Waals surface area contributed by atoms with Crippen molar-refractivity contribution in [3.63, 3.8) is 0 Å². The minimum Gasteiger partial charge on any atom is -0.352 e. The van der Waals surface area contributed by atoms with Crippen LogP contribution < -0.4 is 16.6 Å². The number of H-pyrrole nitrogens is 1. The summed E-state index contributed by atoms with van der Waals surface area (Å²) in [6, 6.07) is 2.85. The second-order valence-corrected chi connectivity index (χ2v) is 3.83. The van der Waals surface area contributed by atoms with Crippen LogP contribution in [0.15, 0.2) is 23.1 Å². The highest BCUT2D eigenvalue weighted by atomic mass is 16.2. The first-order valence-electron chi connectivity index (χ1n) is 5.30. The van der Waals surface area contributed by atoms with Crippen LogP contribution in [0, 0.1) is 5.92 Å². The maximum absolute atomic E-state index is 11.6. The zero-order valence-electron chi connectivity index (χ0n) is 9.32. The second-order valence-electron chi connectivity index (χ2n) is 3.83. The van der Waals surface area contributed by atoms with E-state index in [1.54, 1.807) is 6.07 Å². The lowest BCUT2D eigenvalue weighted by Crippen LogP contribution is -2.29. The molecule has 1 rings (SSSR count). The topological polar surface area (TPSA) is 88.0 Å². The van der Waals surface area contributed by atoms with E-state index in [1.165, 1.54) is 12.3 Å². The van der Waals surface area contributed by atoms with Gasteiger partial charge in [-0.15, -0.1) is 0 Å². The molecular formula is C11H17N3O2. The zero-order valence-corrected chi connectivity index (χ0v) is 9.32. The molecule has 5 nitrogen and oxygen atoms in total. The molecule has 0 fully saturated rings. The summed E-state index contributed by atoms with van der Waals surface area (Å²) < 4.78 is 0. The molecule has 0 aliphatic heterocycles. The molecule has 0 spiro atoms. The van der Waals surface area contributed by atoms with Crippen LogP contribution in [0.2, 0.25) is 0 Å². The molecule has 1 atom stereocenters. The Bertz CT molecular complexity index is 400. The Hall–Kier alpha value is -1.62. The molecule has 88 valence electrons. The molecule has 1 amide bonds. The quantitative estimate of drug-likeness (QED) is 0.661. The van der Waals surface area contributed by atoms with E-state index in [-0.39, 0.29) is 11.5 Å². The van der Waals surface area contributed by atoms with Gasteiger partial charge in [0.1, 0.15) is 0 Å². The van der Waals surface area contributed by atoms with Gasteiger partial charge in [0, 0.05) is 24.4 Å². The molecule has 5 heteroatoms. The number of carbonyl (C=O) groups is 1. The highest BCUT2D eigenvalue weighted by Gasteiger charge is 2.07. The van der Waals surface area contributed by atoms with Crippen molar-refractivity contribution in [1.29, 1.82) is 0 Å². The number of pyridine rings is 1. The zero-order chi connectivity index (χ0) is 12.0.